The Hall–Kier alpha value is -4.25. The first-order valence-electron chi connectivity index (χ1n) is 12.6. The molecule has 0 aliphatic carbocycles. The first kappa shape index (κ1) is 24.4. The first-order valence-corrected chi connectivity index (χ1v) is 12.6. The molecule has 188 valence electrons. The molecule has 0 saturated carbocycles. The second kappa shape index (κ2) is 10.8. The van der Waals surface area contributed by atoms with Gasteiger partial charge in [0.1, 0.15) is 11.5 Å². The first-order chi connectivity index (χ1) is 18.1. The molecule has 37 heavy (non-hydrogen) atoms. The summed E-state index contributed by atoms with van der Waals surface area (Å²) in [7, 11) is 5.49. The summed E-state index contributed by atoms with van der Waals surface area (Å²) in [5.41, 5.74) is 5.80. The summed E-state index contributed by atoms with van der Waals surface area (Å²) < 4.78 is 10.8. The lowest BCUT2D eigenvalue weighted by Crippen LogP contribution is -2.39. The molecule has 0 aromatic heterocycles. The van der Waals surface area contributed by atoms with Gasteiger partial charge in [-0.2, -0.15) is 0 Å². The third-order valence-electron chi connectivity index (χ3n) is 6.98. The Balaban J connectivity index is 1.64. The Morgan fingerprint density at radius 3 is 1.89 bits per heavy atom. The Bertz CT molecular complexity index is 1330. The summed E-state index contributed by atoms with van der Waals surface area (Å²) in [6.07, 6.45) is 0. The van der Waals surface area contributed by atoms with Crippen LogP contribution in [0.4, 0.5) is 11.4 Å². The maximum Gasteiger partial charge on any atom is 0.206 e. The van der Waals surface area contributed by atoms with E-state index in [4.69, 9.17) is 14.5 Å². The fourth-order valence-electron chi connectivity index (χ4n) is 5.06. The molecule has 5 heteroatoms. The predicted molar refractivity (Wildman–Crippen MR) is 151 cm³/mol. The van der Waals surface area contributed by atoms with Crippen molar-refractivity contribution in [1.82, 2.24) is 4.90 Å². The van der Waals surface area contributed by atoms with Gasteiger partial charge in [0.2, 0.25) is 5.96 Å². The molecule has 0 N–H and O–H groups in total. The molecule has 4 aromatic carbocycles. The molecule has 0 unspecified atom stereocenters. The molecule has 1 aliphatic rings. The minimum Gasteiger partial charge on any atom is -0.497 e. The van der Waals surface area contributed by atoms with E-state index in [1.165, 1.54) is 16.7 Å². The molecule has 0 radical (unpaired) electrons. The van der Waals surface area contributed by atoms with Crippen molar-refractivity contribution >= 4 is 17.3 Å². The Kier molecular flexibility index (Phi) is 7.13. The van der Waals surface area contributed by atoms with Crippen LogP contribution in [0.2, 0.25) is 0 Å². The molecule has 1 fully saturated rings. The van der Waals surface area contributed by atoms with Crippen LogP contribution in [-0.2, 0) is 0 Å². The average molecular weight is 492 g/mol. The van der Waals surface area contributed by atoms with Gasteiger partial charge in [-0.05, 0) is 66.6 Å². The largest absolute Gasteiger partial charge is 0.497 e. The van der Waals surface area contributed by atoms with E-state index in [9.17, 15) is 0 Å². The monoisotopic (exact) mass is 491 g/mol. The predicted octanol–water partition coefficient (Wildman–Crippen LogP) is 6.65. The van der Waals surface area contributed by atoms with Crippen LogP contribution in [-0.4, -0.2) is 44.7 Å². The molecule has 2 atom stereocenters. The third-order valence-corrected chi connectivity index (χ3v) is 6.98. The van der Waals surface area contributed by atoms with E-state index < -0.39 is 0 Å². The second-order valence-electron chi connectivity index (χ2n) is 9.42. The summed E-state index contributed by atoms with van der Waals surface area (Å²) in [5, 5.41) is 0. The van der Waals surface area contributed by atoms with Gasteiger partial charge in [0.25, 0.3) is 0 Å². The van der Waals surface area contributed by atoms with Crippen molar-refractivity contribution in [3.63, 3.8) is 0 Å². The standard InChI is InChI=1S/C32H33N3O2/c1-23-10-12-25(13-11-23)31(24-8-6-5-7-9-24)30-22-34(2)32(33-26-14-18-28(36-3)19-15-26)35(30)27-16-20-29(37-4)21-17-27/h5-21,30-31H,22H2,1-4H3/t30-,31+/m1/s1. The minimum absolute atomic E-state index is 0.125. The highest BCUT2D eigenvalue weighted by Crippen LogP contribution is 2.38. The lowest BCUT2D eigenvalue weighted by molar-refractivity contribution is 0.414. The lowest BCUT2D eigenvalue weighted by atomic mass is 9.84. The lowest BCUT2D eigenvalue weighted by Gasteiger charge is -2.32. The molecule has 0 amide bonds. The van der Waals surface area contributed by atoms with Crippen LogP contribution in [0.5, 0.6) is 11.5 Å². The van der Waals surface area contributed by atoms with Crippen LogP contribution in [0.15, 0.2) is 108 Å². The van der Waals surface area contributed by atoms with Crippen LogP contribution in [0.25, 0.3) is 0 Å². The number of rotatable bonds is 7. The Labute approximate surface area is 219 Å². The van der Waals surface area contributed by atoms with Gasteiger partial charge in [0.15, 0.2) is 0 Å². The van der Waals surface area contributed by atoms with E-state index in [2.05, 4.69) is 90.5 Å². The zero-order valence-electron chi connectivity index (χ0n) is 21.8. The van der Waals surface area contributed by atoms with E-state index in [0.29, 0.717) is 0 Å². The highest BCUT2D eigenvalue weighted by molar-refractivity contribution is 6.00. The number of methoxy groups -OCH3 is 2. The molecule has 1 saturated heterocycles. The van der Waals surface area contributed by atoms with E-state index in [-0.39, 0.29) is 12.0 Å². The van der Waals surface area contributed by atoms with Gasteiger partial charge in [-0.3, -0.25) is 0 Å². The van der Waals surface area contributed by atoms with Gasteiger partial charge in [-0.1, -0.05) is 60.2 Å². The zero-order chi connectivity index (χ0) is 25.8. The number of aliphatic imine (C=N–C) groups is 1. The number of aryl methyl sites for hydroxylation is 1. The van der Waals surface area contributed by atoms with Crippen LogP contribution < -0.4 is 14.4 Å². The van der Waals surface area contributed by atoms with Gasteiger partial charge in [0.05, 0.1) is 25.9 Å². The van der Waals surface area contributed by atoms with E-state index in [1.54, 1.807) is 14.2 Å². The zero-order valence-corrected chi connectivity index (χ0v) is 21.8. The number of benzene rings is 4. The van der Waals surface area contributed by atoms with E-state index >= 15 is 0 Å². The van der Waals surface area contributed by atoms with Crippen molar-refractivity contribution < 1.29 is 9.47 Å². The number of hydrogen-bond acceptors (Lipinski definition) is 3. The van der Waals surface area contributed by atoms with E-state index in [1.807, 2.05) is 36.4 Å². The van der Waals surface area contributed by atoms with Crippen LogP contribution in [0, 0.1) is 6.92 Å². The SMILES string of the molecule is COc1ccc(N=C2N(C)C[C@H]([C@@H](c3ccccc3)c3ccc(C)cc3)N2c2ccc(OC)cc2)cc1. The molecule has 0 bridgehead atoms. The summed E-state index contributed by atoms with van der Waals surface area (Å²) in [6, 6.07) is 36.0. The number of guanidine groups is 1. The number of nitrogens with zero attached hydrogens (tertiary/aromatic N) is 3. The molecule has 4 aromatic rings. The topological polar surface area (TPSA) is 37.3 Å². The Morgan fingerprint density at radius 1 is 0.730 bits per heavy atom. The smallest absolute Gasteiger partial charge is 0.206 e. The summed E-state index contributed by atoms with van der Waals surface area (Å²) in [4.78, 5) is 9.76. The van der Waals surface area contributed by atoms with Crippen LogP contribution in [0.1, 0.15) is 22.6 Å². The fourth-order valence-corrected chi connectivity index (χ4v) is 5.06. The maximum absolute atomic E-state index is 5.45. The molecule has 5 rings (SSSR count). The number of anilines is 1. The summed E-state index contributed by atoms with van der Waals surface area (Å²) in [5.74, 6) is 2.71. The summed E-state index contributed by atoms with van der Waals surface area (Å²) >= 11 is 0. The Morgan fingerprint density at radius 2 is 1.30 bits per heavy atom. The van der Waals surface area contributed by atoms with Gasteiger partial charge >= 0.3 is 0 Å². The third kappa shape index (κ3) is 5.17. The second-order valence-corrected chi connectivity index (χ2v) is 9.42. The average Bonchev–Trinajstić information content (AvgIpc) is 3.26. The van der Waals surface area contributed by atoms with Crippen molar-refractivity contribution in [2.75, 3.05) is 32.7 Å². The molecular weight excluding hydrogens is 458 g/mol. The molecular formula is C32H33N3O2. The highest BCUT2D eigenvalue weighted by atomic mass is 16.5. The number of likely N-dealkylation sites (N-methyl/N-ethyl adjacent to an activating group) is 1. The van der Waals surface area contributed by atoms with Gasteiger partial charge < -0.3 is 19.3 Å². The van der Waals surface area contributed by atoms with Gasteiger partial charge in [-0.25, -0.2) is 4.99 Å². The maximum atomic E-state index is 5.45. The molecule has 0 spiro atoms. The van der Waals surface area contributed by atoms with Gasteiger partial charge in [-0.15, -0.1) is 0 Å². The van der Waals surface area contributed by atoms with Crippen LogP contribution >= 0.6 is 0 Å². The van der Waals surface area contributed by atoms with Crippen molar-refractivity contribution in [3.05, 3.63) is 120 Å². The normalized spacial score (nSPS) is 17.2. The van der Waals surface area contributed by atoms with Crippen LogP contribution in [0.3, 0.4) is 0 Å². The van der Waals surface area contributed by atoms with Crippen molar-refractivity contribution in [2.45, 2.75) is 18.9 Å². The van der Waals surface area contributed by atoms with E-state index in [0.717, 1.165) is 35.4 Å². The number of hydrogen-bond donors (Lipinski definition) is 0. The minimum atomic E-state index is 0.125. The fraction of sp³-hybridized carbons (Fsp3) is 0.219. The van der Waals surface area contributed by atoms with Crippen molar-refractivity contribution in [1.29, 1.82) is 0 Å². The number of ether oxygens (including phenoxy) is 2. The van der Waals surface area contributed by atoms with Crippen molar-refractivity contribution in [2.24, 2.45) is 4.99 Å². The molecule has 5 nitrogen and oxygen atoms in total. The highest BCUT2D eigenvalue weighted by Gasteiger charge is 2.40. The van der Waals surface area contributed by atoms with Gasteiger partial charge in [0, 0.05) is 25.2 Å². The quantitative estimate of drug-likeness (QED) is 0.290. The molecule has 1 heterocycles. The van der Waals surface area contributed by atoms with Crippen molar-refractivity contribution in [3.8, 4) is 11.5 Å². The summed E-state index contributed by atoms with van der Waals surface area (Å²) in [6.45, 7) is 2.96. The molecule has 1 aliphatic heterocycles.